The lowest BCUT2D eigenvalue weighted by molar-refractivity contribution is -0.146. The van der Waals surface area contributed by atoms with E-state index < -0.39 is 24.4 Å². The molecule has 3 rings (SSSR count). The summed E-state index contributed by atoms with van der Waals surface area (Å²) in [5.74, 6) is -1.88. The Morgan fingerprint density at radius 2 is 1.64 bits per heavy atom. The SMILES string of the molecule is CC(C)(C)c1ccc(C(=O)NCC(=O)OCC(=O)Nc2cccc(C(=O)NC3CC3)c2)cc1. The molecule has 1 aliphatic carbocycles. The van der Waals surface area contributed by atoms with Crippen LogP contribution in [0.25, 0.3) is 0 Å². The fraction of sp³-hybridized carbons (Fsp3) is 0.360. The molecule has 0 bridgehead atoms. The summed E-state index contributed by atoms with van der Waals surface area (Å²) in [4.78, 5) is 48.3. The number of carbonyl (C=O) groups is 4. The van der Waals surface area contributed by atoms with Crippen molar-refractivity contribution in [2.75, 3.05) is 18.5 Å². The highest BCUT2D eigenvalue weighted by Gasteiger charge is 2.24. The van der Waals surface area contributed by atoms with Gasteiger partial charge in [0.1, 0.15) is 6.54 Å². The van der Waals surface area contributed by atoms with Crippen LogP contribution in [0.1, 0.15) is 59.9 Å². The Kier molecular flexibility index (Phi) is 7.48. The van der Waals surface area contributed by atoms with Crippen molar-refractivity contribution < 1.29 is 23.9 Å². The summed E-state index contributed by atoms with van der Waals surface area (Å²) in [7, 11) is 0. The number of amides is 3. The van der Waals surface area contributed by atoms with E-state index in [2.05, 4.69) is 36.7 Å². The number of carbonyl (C=O) groups excluding carboxylic acids is 4. The minimum absolute atomic E-state index is 0.0241. The van der Waals surface area contributed by atoms with Gasteiger partial charge in [-0.05, 0) is 54.2 Å². The Morgan fingerprint density at radius 3 is 2.27 bits per heavy atom. The summed E-state index contributed by atoms with van der Waals surface area (Å²) in [6.45, 7) is 5.38. The first kappa shape index (κ1) is 24.0. The van der Waals surface area contributed by atoms with Crippen molar-refractivity contribution in [3.8, 4) is 0 Å². The third-order valence-electron chi connectivity index (χ3n) is 5.09. The normalized spacial score (nSPS) is 13.1. The second-order valence-electron chi connectivity index (χ2n) is 9.05. The molecule has 0 aromatic heterocycles. The second-order valence-corrected chi connectivity index (χ2v) is 9.05. The molecule has 1 aliphatic rings. The van der Waals surface area contributed by atoms with Gasteiger partial charge in [-0.25, -0.2) is 0 Å². The van der Waals surface area contributed by atoms with Crippen LogP contribution in [0.15, 0.2) is 48.5 Å². The zero-order chi connectivity index (χ0) is 24.0. The van der Waals surface area contributed by atoms with Gasteiger partial charge in [-0.1, -0.05) is 39.0 Å². The Balaban J connectivity index is 1.41. The summed E-state index contributed by atoms with van der Waals surface area (Å²) in [5.41, 5.74) is 2.36. The standard InChI is InChI=1S/C25H29N3O5/c1-25(2,3)18-9-7-16(8-10-18)23(31)26-14-22(30)33-15-21(29)27-20-6-4-5-17(13-20)24(32)28-19-11-12-19/h4-10,13,19H,11-12,14-15H2,1-3H3,(H,26,31)(H,27,29)(H,28,32). The topological polar surface area (TPSA) is 114 Å². The van der Waals surface area contributed by atoms with E-state index in [1.807, 2.05) is 12.1 Å². The summed E-state index contributed by atoms with van der Waals surface area (Å²) < 4.78 is 4.92. The predicted octanol–water partition coefficient (Wildman–Crippen LogP) is 2.79. The first-order valence-electron chi connectivity index (χ1n) is 10.9. The summed E-state index contributed by atoms with van der Waals surface area (Å²) >= 11 is 0. The van der Waals surface area contributed by atoms with Crippen molar-refractivity contribution in [3.63, 3.8) is 0 Å². The van der Waals surface area contributed by atoms with Gasteiger partial charge >= 0.3 is 5.97 Å². The van der Waals surface area contributed by atoms with Crippen LogP contribution in [-0.2, 0) is 19.7 Å². The Morgan fingerprint density at radius 1 is 0.939 bits per heavy atom. The van der Waals surface area contributed by atoms with E-state index in [-0.39, 0.29) is 23.9 Å². The number of hydrogen-bond donors (Lipinski definition) is 3. The van der Waals surface area contributed by atoms with E-state index in [0.29, 0.717) is 16.8 Å². The molecule has 1 fully saturated rings. The van der Waals surface area contributed by atoms with E-state index in [1.54, 1.807) is 36.4 Å². The van der Waals surface area contributed by atoms with Gasteiger partial charge in [-0.15, -0.1) is 0 Å². The summed E-state index contributed by atoms with van der Waals surface area (Å²) in [5, 5.41) is 7.95. The molecule has 2 aromatic rings. The molecule has 0 atom stereocenters. The largest absolute Gasteiger partial charge is 0.454 e. The summed E-state index contributed by atoms with van der Waals surface area (Å²) in [6, 6.07) is 13.9. The highest BCUT2D eigenvalue weighted by Crippen LogP contribution is 2.22. The molecule has 2 aromatic carbocycles. The second kappa shape index (κ2) is 10.3. The van der Waals surface area contributed by atoms with Gasteiger partial charge in [-0.2, -0.15) is 0 Å². The average molecular weight is 452 g/mol. The first-order valence-corrected chi connectivity index (χ1v) is 10.9. The van der Waals surface area contributed by atoms with Gasteiger partial charge in [0, 0.05) is 22.9 Å². The Labute approximate surface area is 193 Å². The number of rotatable bonds is 8. The fourth-order valence-electron chi connectivity index (χ4n) is 3.00. The maximum Gasteiger partial charge on any atom is 0.325 e. The van der Waals surface area contributed by atoms with Crippen LogP contribution in [0.5, 0.6) is 0 Å². The van der Waals surface area contributed by atoms with Crippen LogP contribution >= 0.6 is 0 Å². The van der Waals surface area contributed by atoms with E-state index in [4.69, 9.17) is 4.74 Å². The lowest BCUT2D eigenvalue weighted by Gasteiger charge is -2.19. The Bertz CT molecular complexity index is 1040. The molecule has 8 heteroatoms. The van der Waals surface area contributed by atoms with Gasteiger partial charge in [0.05, 0.1) is 0 Å². The zero-order valence-electron chi connectivity index (χ0n) is 19.1. The molecule has 0 spiro atoms. The van der Waals surface area contributed by atoms with Crippen LogP contribution in [-0.4, -0.2) is 42.9 Å². The molecule has 0 aliphatic heterocycles. The van der Waals surface area contributed by atoms with Crippen molar-refractivity contribution in [3.05, 3.63) is 65.2 Å². The van der Waals surface area contributed by atoms with Crippen LogP contribution < -0.4 is 16.0 Å². The van der Waals surface area contributed by atoms with Gasteiger partial charge in [0.15, 0.2) is 6.61 Å². The molecular formula is C25H29N3O5. The minimum atomic E-state index is -0.734. The van der Waals surface area contributed by atoms with E-state index in [1.165, 1.54) is 0 Å². The predicted molar refractivity (Wildman–Crippen MR) is 124 cm³/mol. The van der Waals surface area contributed by atoms with Crippen LogP contribution in [0.4, 0.5) is 5.69 Å². The molecule has 0 radical (unpaired) electrons. The Hall–Kier alpha value is -3.68. The van der Waals surface area contributed by atoms with Gasteiger partial charge in [-0.3, -0.25) is 19.2 Å². The molecule has 33 heavy (non-hydrogen) atoms. The van der Waals surface area contributed by atoms with Gasteiger partial charge in [0.2, 0.25) is 0 Å². The third-order valence-corrected chi connectivity index (χ3v) is 5.09. The van der Waals surface area contributed by atoms with Crippen molar-refractivity contribution in [1.29, 1.82) is 0 Å². The van der Waals surface area contributed by atoms with Gasteiger partial charge < -0.3 is 20.7 Å². The number of ether oxygens (including phenoxy) is 1. The zero-order valence-corrected chi connectivity index (χ0v) is 19.1. The lowest BCUT2D eigenvalue weighted by atomic mass is 9.87. The highest BCUT2D eigenvalue weighted by molar-refractivity contribution is 5.98. The summed E-state index contributed by atoms with van der Waals surface area (Å²) in [6.07, 6.45) is 1.97. The number of hydrogen-bond acceptors (Lipinski definition) is 5. The van der Waals surface area contributed by atoms with Crippen LogP contribution in [0, 0.1) is 0 Å². The maximum atomic E-state index is 12.2. The molecule has 0 heterocycles. The lowest BCUT2D eigenvalue weighted by Crippen LogP contribution is -2.32. The highest BCUT2D eigenvalue weighted by atomic mass is 16.5. The monoisotopic (exact) mass is 451 g/mol. The number of benzene rings is 2. The minimum Gasteiger partial charge on any atom is -0.454 e. The quantitative estimate of drug-likeness (QED) is 0.534. The fourth-order valence-corrected chi connectivity index (χ4v) is 3.00. The molecule has 3 N–H and O–H groups in total. The van der Waals surface area contributed by atoms with E-state index >= 15 is 0 Å². The first-order chi connectivity index (χ1) is 15.6. The van der Waals surface area contributed by atoms with E-state index in [0.717, 1.165) is 18.4 Å². The van der Waals surface area contributed by atoms with Crippen LogP contribution in [0.3, 0.4) is 0 Å². The van der Waals surface area contributed by atoms with Gasteiger partial charge in [0.25, 0.3) is 17.7 Å². The van der Waals surface area contributed by atoms with Crippen molar-refractivity contribution in [2.24, 2.45) is 0 Å². The van der Waals surface area contributed by atoms with Crippen molar-refractivity contribution in [1.82, 2.24) is 10.6 Å². The number of nitrogens with one attached hydrogen (secondary N) is 3. The molecule has 0 saturated heterocycles. The average Bonchev–Trinajstić information content (AvgIpc) is 3.59. The maximum absolute atomic E-state index is 12.2. The molecule has 174 valence electrons. The van der Waals surface area contributed by atoms with Crippen molar-refractivity contribution >= 4 is 29.4 Å². The molecular weight excluding hydrogens is 422 g/mol. The molecule has 1 saturated carbocycles. The molecule has 8 nitrogen and oxygen atoms in total. The van der Waals surface area contributed by atoms with Crippen LogP contribution in [0.2, 0.25) is 0 Å². The number of anilines is 1. The number of esters is 1. The van der Waals surface area contributed by atoms with Crippen molar-refractivity contribution in [2.45, 2.75) is 45.1 Å². The molecule has 3 amide bonds. The van der Waals surface area contributed by atoms with E-state index in [9.17, 15) is 19.2 Å². The molecule has 0 unspecified atom stereocenters. The smallest absolute Gasteiger partial charge is 0.325 e. The third kappa shape index (κ3) is 7.45.